The van der Waals surface area contributed by atoms with Crippen LogP contribution in [-0.4, -0.2) is 42.4 Å². The molecule has 9 heteroatoms. The van der Waals surface area contributed by atoms with Gasteiger partial charge in [-0.2, -0.15) is 0 Å². The Kier molecular flexibility index (Phi) is 9.91. The van der Waals surface area contributed by atoms with Crippen molar-refractivity contribution in [2.75, 3.05) is 13.7 Å². The lowest BCUT2D eigenvalue weighted by atomic mass is 9.79. The van der Waals surface area contributed by atoms with Gasteiger partial charge in [0.05, 0.1) is 18.8 Å². The lowest BCUT2D eigenvalue weighted by Crippen LogP contribution is -2.46. The molecule has 0 aliphatic heterocycles. The number of benzene rings is 2. The van der Waals surface area contributed by atoms with E-state index >= 15 is 4.39 Å². The number of carbonyl (C=O) groups is 1. The minimum Gasteiger partial charge on any atom is -0.497 e. The zero-order valence-electron chi connectivity index (χ0n) is 24.0. The van der Waals surface area contributed by atoms with Gasteiger partial charge in [-0.05, 0) is 95.2 Å². The van der Waals surface area contributed by atoms with Gasteiger partial charge in [0.15, 0.2) is 0 Å². The molecule has 2 N–H and O–H groups in total. The maximum atomic E-state index is 15.2. The summed E-state index contributed by atoms with van der Waals surface area (Å²) in [6.07, 6.45) is 7.65. The monoisotopic (exact) mass is 569 g/mol. The number of fused-ring (bicyclic) bond motifs is 1. The van der Waals surface area contributed by atoms with E-state index in [-0.39, 0.29) is 30.0 Å². The fraction of sp³-hybridized carbons (Fsp3) is 0.438. The van der Waals surface area contributed by atoms with Gasteiger partial charge in [0, 0.05) is 35.1 Å². The summed E-state index contributed by atoms with van der Waals surface area (Å²) in [5.41, 5.74) is 0.669. The summed E-state index contributed by atoms with van der Waals surface area (Å²) < 4.78 is 53.3. The number of pyridine rings is 1. The van der Waals surface area contributed by atoms with Crippen LogP contribution in [0.4, 0.5) is 18.0 Å². The second-order valence-electron chi connectivity index (χ2n) is 11.5. The Morgan fingerprint density at radius 2 is 1.83 bits per heavy atom. The number of halogens is 3. The van der Waals surface area contributed by atoms with Crippen molar-refractivity contribution in [3.63, 3.8) is 0 Å². The van der Waals surface area contributed by atoms with Crippen LogP contribution in [0.5, 0.6) is 5.75 Å². The highest BCUT2D eigenvalue weighted by atomic mass is 19.1. The highest BCUT2D eigenvalue weighted by Gasteiger charge is 2.31. The van der Waals surface area contributed by atoms with Crippen molar-refractivity contribution in [3.05, 3.63) is 77.2 Å². The quantitative estimate of drug-likeness (QED) is 0.292. The summed E-state index contributed by atoms with van der Waals surface area (Å²) in [4.78, 5) is 17.0. The molecule has 4 rings (SSSR count). The number of carbonyl (C=O) groups excluding carboxylic acids is 1. The normalized spacial score (nSPS) is 18.4. The summed E-state index contributed by atoms with van der Waals surface area (Å²) in [5, 5.41) is 7.14. The molecule has 1 saturated carbocycles. The number of hydrogen-bond donors (Lipinski definition) is 2. The van der Waals surface area contributed by atoms with E-state index in [1.165, 1.54) is 12.3 Å². The van der Waals surface area contributed by atoms with Crippen molar-refractivity contribution < 1.29 is 27.4 Å². The highest BCUT2D eigenvalue weighted by Crippen LogP contribution is 2.32. The number of alkyl carbamates (subject to hydrolysis) is 1. The summed E-state index contributed by atoms with van der Waals surface area (Å²) in [6, 6.07) is 8.60. The Morgan fingerprint density at radius 1 is 1.07 bits per heavy atom. The molecule has 1 aliphatic rings. The molecule has 0 saturated heterocycles. The Hall–Kier alpha value is -3.59. The number of methoxy groups -OCH3 is 1. The molecule has 0 spiro atoms. The second-order valence-corrected chi connectivity index (χ2v) is 11.5. The van der Waals surface area contributed by atoms with Gasteiger partial charge < -0.3 is 20.1 Å². The fourth-order valence-corrected chi connectivity index (χ4v) is 5.34. The van der Waals surface area contributed by atoms with Gasteiger partial charge >= 0.3 is 6.09 Å². The summed E-state index contributed by atoms with van der Waals surface area (Å²) in [6.45, 7) is 5.93. The molecule has 1 aliphatic carbocycles. The molecule has 0 bridgehead atoms. The van der Waals surface area contributed by atoms with Crippen molar-refractivity contribution in [1.82, 2.24) is 15.6 Å². The highest BCUT2D eigenvalue weighted by molar-refractivity contribution is 5.84. The van der Waals surface area contributed by atoms with Crippen molar-refractivity contribution in [2.45, 2.75) is 70.6 Å². The largest absolute Gasteiger partial charge is 0.497 e. The number of hydrogen-bond acceptors (Lipinski definition) is 5. The topological polar surface area (TPSA) is 72.5 Å². The Morgan fingerprint density at radius 3 is 2.54 bits per heavy atom. The van der Waals surface area contributed by atoms with E-state index in [1.54, 1.807) is 58.2 Å². The first-order chi connectivity index (χ1) is 19.5. The Bertz CT molecular complexity index is 1380. The van der Waals surface area contributed by atoms with E-state index in [0.29, 0.717) is 28.8 Å². The molecule has 220 valence electrons. The van der Waals surface area contributed by atoms with Gasteiger partial charge in [-0.1, -0.05) is 12.2 Å². The molecule has 1 amide bonds. The van der Waals surface area contributed by atoms with Crippen LogP contribution < -0.4 is 15.4 Å². The lowest BCUT2D eigenvalue weighted by Gasteiger charge is -2.35. The summed E-state index contributed by atoms with van der Waals surface area (Å²) >= 11 is 0. The van der Waals surface area contributed by atoms with Crippen LogP contribution in [0, 0.1) is 23.4 Å². The molecule has 1 heterocycles. The molecule has 1 atom stereocenters. The first-order valence-electron chi connectivity index (χ1n) is 14.0. The first kappa shape index (κ1) is 30.4. The van der Waals surface area contributed by atoms with Crippen LogP contribution >= 0.6 is 0 Å². The van der Waals surface area contributed by atoms with Crippen LogP contribution in [0.3, 0.4) is 0 Å². The maximum Gasteiger partial charge on any atom is 0.407 e. The van der Waals surface area contributed by atoms with Gasteiger partial charge in [0.1, 0.15) is 28.8 Å². The van der Waals surface area contributed by atoms with Gasteiger partial charge in [0.25, 0.3) is 0 Å². The number of rotatable bonds is 9. The Labute approximate surface area is 239 Å². The average molecular weight is 570 g/mol. The average Bonchev–Trinajstić information content (AvgIpc) is 2.93. The van der Waals surface area contributed by atoms with Crippen LogP contribution in [0.15, 0.2) is 48.7 Å². The van der Waals surface area contributed by atoms with E-state index in [9.17, 15) is 13.6 Å². The molecule has 6 nitrogen and oxygen atoms in total. The third-order valence-electron chi connectivity index (χ3n) is 7.38. The van der Waals surface area contributed by atoms with Crippen LogP contribution in [0.2, 0.25) is 0 Å². The number of nitrogens with zero attached hydrogens (tertiary/aromatic N) is 1. The minimum atomic E-state index is -0.667. The number of amides is 1. The standard InChI is InChI=1S/C32H38F3N3O3/c1-32(2,3)41-31(39)38-30(18-25-26-17-24(40-4)12-14-29(26)37-19-28(25)35)20-7-10-23(11-8-20)36-15-5-6-21-16-22(33)9-13-27(21)34/h5-6,9,12-14,16-17,19-20,23,30,36H,7-8,10-11,15,18H2,1-4H3,(H,38,39). The maximum absolute atomic E-state index is 15.2. The van der Waals surface area contributed by atoms with E-state index in [0.717, 1.165) is 37.8 Å². The number of aromatic nitrogens is 1. The SMILES string of the molecule is COc1ccc2ncc(F)c(CC(NC(=O)OC(C)(C)C)C3CCC(NCC=Cc4cc(F)ccc4F)CC3)c2c1. The molecular formula is C32H38F3N3O3. The molecule has 41 heavy (non-hydrogen) atoms. The molecule has 3 aromatic rings. The van der Waals surface area contributed by atoms with E-state index in [1.807, 2.05) is 0 Å². The van der Waals surface area contributed by atoms with E-state index < -0.39 is 29.1 Å². The van der Waals surface area contributed by atoms with Crippen molar-refractivity contribution >= 4 is 23.1 Å². The summed E-state index contributed by atoms with van der Waals surface area (Å²) in [5.74, 6) is -0.679. The smallest absolute Gasteiger partial charge is 0.407 e. The van der Waals surface area contributed by atoms with Crippen molar-refractivity contribution in [1.29, 1.82) is 0 Å². The van der Waals surface area contributed by atoms with Gasteiger partial charge in [-0.3, -0.25) is 4.98 Å². The third kappa shape index (κ3) is 8.45. The van der Waals surface area contributed by atoms with Crippen LogP contribution in [0.1, 0.15) is 57.6 Å². The van der Waals surface area contributed by atoms with E-state index in [2.05, 4.69) is 15.6 Å². The zero-order valence-corrected chi connectivity index (χ0v) is 24.0. The lowest BCUT2D eigenvalue weighted by molar-refractivity contribution is 0.0474. The van der Waals surface area contributed by atoms with Crippen LogP contribution in [0.25, 0.3) is 17.0 Å². The second kappa shape index (κ2) is 13.4. The molecular weight excluding hydrogens is 531 g/mol. The number of nitrogens with one attached hydrogen (secondary N) is 2. The van der Waals surface area contributed by atoms with Gasteiger partial charge in [0.2, 0.25) is 0 Å². The van der Waals surface area contributed by atoms with Gasteiger partial charge in [-0.15, -0.1) is 0 Å². The molecule has 0 radical (unpaired) electrons. The fourth-order valence-electron chi connectivity index (χ4n) is 5.34. The van der Waals surface area contributed by atoms with E-state index in [4.69, 9.17) is 9.47 Å². The van der Waals surface area contributed by atoms with Gasteiger partial charge in [-0.25, -0.2) is 18.0 Å². The minimum absolute atomic E-state index is 0.103. The molecule has 1 aromatic heterocycles. The molecule has 1 fully saturated rings. The predicted molar refractivity (Wildman–Crippen MR) is 154 cm³/mol. The number of ether oxygens (including phenoxy) is 2. The third-order valence-corrected chi connectivity index (χ3v) is 7.38. The Balaban J connectivity index is 1.44. The van der Waals surface area contributed by atoms with Crippen LogP contribution in [-0.2, 0) is 11.2 Å². The summed E-state index contributed by atoms with van der Waals surface area (Å²) in [7, 11) is 1.56. The zero-order chi connectivity index (χ0) is 29.6. The predicted octanol–water partition coefficient (Wildman–Crippen LogP) is 6.96. The molecule has 2 aromatic carbocycles. The molecule has 1 unspecified atom stereocenters. The van der Waals surface area contributed by atoms with Crippen molar-refractivity contribution in [2.24, 2.45) is 5.92 Å². The first-order valence-corrected chi connectivity index (χ1v) is 14.0. The van der Waals surface area contributed by atoms with Crippen molar-refractivity contribution in [3.8, 4) is 5.75 Å².